The van der Waals surface area contributed by atoms with E-state index in [1.54, 1.807) is 0 Å². The molecule has 1 atom stereocenters. The number of carbonyl (C=O) groups is 5. The molecule has 0 radical (unpaired) electrons. The Bertz CT molecular complexity index is 362. The van der Waals surface area contributed by atoms with E-state index in [4.69, 9.17) is 10.2 Å². The summed E-state index contributed by atoms with van der Waals surface area (Å²) >= 11 is 0. The number of carboxylic acids is 2. The minimum Gasteiger partial charge on any atom is -0.481 e. The van der Waals surface area contributed by atoms with Gasteiger partial charge in [-0.05, 0) is 0 Å². The molecule has 0 saturated carbocycles. The van der Waals surface area contributed by atoms with E-state index < -0.39 is 42.5 Å². The Morgan fingerprint density at radius 3 is 2.00 bits per heavy atom. The van der Waals surface area contributed by atoms with Crippen LogP contribution in [0.25, 0.3) is 0 Å². The molecule has 0 aromatic heterocycles. The fraction of sp³-hybridized carbons (Fsp3) is 0.444. The molecule has 0 aromatic rings. The molecule has 8 nitrogen and oxygen atoms in total. The van der Waals surface area contributed by atoms with Crippen molar-refractivity contribution < 1.29 is 34.2 Å². The predicted octanol–water partition coefficient (Wildman–Crippen LogP) is -1.12. The Hall–Kier alpha value is -2.25. The summed E-state index contributed by atoms with van der Waals surface area (Å²) in [5.74, 6) is -4.71. The topological polar surface area (TPSA) is 129 Å². The van der Waals surface area contributed by atoms with Gasteiger partial charge in [0.2, 0.25) is 12.3 Å². The van der Waals surface area contributed by atoms with Crippen LogP contribution in [0.2, 0.25) is 0 Å². The van der Waals surface area contributed by atoms with Crippen LogP contribution in [-0.2, 0) is 24.0 Å². The first kappa shape index (κ1) is 14.8. The molecular formula is C9H11NO7. The van der Waals surface area contributed by atoms with Crippen LogP contribution < -0.4 is 0 Å². The fourth-order valence-corrected chi connectivity index (χ4v) is 1.17. The third kappa shape index (κ3) is 4.87. The van der Waals surface area contributed by atoms with E-state index in [0.717, 1.165) is 6.92 Å². The van der Waals surface area contributed by atoms with E-state index in [-0.39, 0.29) is 6.41 Å². The first-order valence-electron chi connectivity index (χ1n) is 4.50. The van der Waals surface area contributed by atoms with E-state index in [2.05, 4.69) is 0 Å². The Labute approximate surface area is 95.8 Å². The number of aliphatic carboxylic acids is 2. The van der Waals surface area contributed by atoms with Gasteiger partial charge in [-0.2, -0.15) is 0 Å². The van der Waals surface area contributed by atoms with E-state index in [9.17, 15) is 24.0 Å². The lowest BCUT2D eigenvalue weighted by atomic mass is 10.0. The Morgan fingerprint density at radius 2 is 1.71 bits per heavy atom. The first-order chi connectivity index (χ1) is 7.79. The van der Waals surface area contributed by atoms with E-state index >= 15 is 0 Å². The number of hydrogen-bond acceptors (Lipinski definition) is 5. The lowest BCUT2D eigenvalue weighted by Gasteiger charge is -2.22. The van der Waals surface area contributed by atoms with Crippen LogP contribution in [0, 0.1) is 0 Å². The third-order valence-electron chi connectivity index (χ3n) is 1.88. The zero-order chi connectivity index (χ0) is 13.6. The van der Waals surface area contributed by atoms with Crippen molar-refractivity contribution in [2.24, 2.45) is 0 Å². The number of rotatable bonds is 7. The van der Waals surface area contributed by atoms with Crippen molar-refractivity contribution in [3.05, 3.63) is 0 Å². The standard InChI is InChI=1S/C9H11NO7/c1-5(12)10(4-11)6(2-8(14)15)7(13)3-9(16)17/h4,6H,2-3H2,1H3,(H,14,15)(H,16,17). The molecule has 8 heteroatoms. The number of ketones is 1. The van der Waals surface area contributed by atoms with Crippen molar-refractivity contribution in [3.63, 3.8) is 0 Å². The van der Waals surface area contributed by atoms with Crippen molar-refractivity contribution >= 4 is 30.0 Å². The summed E-state index contributed by atoms with van der Waals surface area (Å²) in [7, 11) is 0. The largest absolute Gasteiger partial charge is 0.481 e. The van der Waals surface area contributed by atoms with Gasteiger partial charge in [0.25, 0.3) is 0 Å². The second kappa shape index (κ2) is 6.36. The van der Waals surface area contributed by atoms with Crippen LogP contribution in [0.5, 0.6) is 0 Å². The molecule has 0 fully saturated rings. The normalized spacial score (nSPS) is 11.4. The Balaban J connectivity index is 5.03. The van der Waals surface area contributed by atoms with E-state index in [0.29, 0.717) is 4.90 Å². The number of amides is 2. The second-order valence-corrected chi connectivity index (χ2v) is 3.18. The van der Waals surface area contributed by atoms with Gasteiger partial charge >= 0.3 is 11.9 Å². The molecule has 2 N–H and O–H groups in total. The Morgan fingerprint density at radius 1 is 1.18 bits per heavy atom. The smallest absolute Gasteiger partial charge is 0.310 e. The van der Waals surface area contributed by atoms with Crippen molar-refractivity contribution in [2.75, 3.05) is 0 Å². The molecule has 0 aliphatic carbocycles. The van der Waals surface area contributed by atoms with Gasteiger partial charge < -0.3 is 10.2 Å². The number of carboxylic acid groups (broad SMARTS) is 2. The predicted molar refractivity (Wildman–Crippen MR) is 51.9 cm³/mol. The van der Waals surface area contributed by atoms with Gasteiger partial charge in [-0.15, -0.1) is 0 Å². The quantitative estimate of drug-likeness (QED) is 0.429. The summed E-state index contributed by atoms with van der Waals surface area (Å²) < 4.78 is 0. The van der Waals surface area contributed by atoms with Gasteiger partial charge in [0.15, 0.2) is 5.78 Å². The monoisotopic (exact) mass is 245 g/mol. The van der Waals surface area contributed by atoms with Crippen LogP contribution in [0.4, 0.5) is 0 Å². The molecule has 0 heterocycles. The zero-order valence-corrected chi connectivity index (χ0v) is 8.95. The lowest BCUT2D eigenvalue weighted by molar-refractivity contribution is -0.151. The molecule has 0 aromatic carbocycles. The van der Waals surface area contributed by atoms with Gasteiger partial charge in [0.1, 0.15) is 12.5 Å². The van der Waals surface area contributed by atoms with E-state index in [1.807, 2.05) is 0 Å². The lowest BCUT2D eigenvalue weighted by Crippen LogP contribution is -2.45. The SMILES string of the molecule is CC(=O)N(C=O)C(CC(=O)O)C(=O)CC(=O)O. The highest BCUT2D eigenvalue weighted by molar-refractivity contribution is 6.02. The number of carbonyl (C=O) groups excluding carboxylic acids is 3. The number of nitrogens with zero attached hydrogens (tertiary/aromatic N) is 1. The second-order valence-electron chi connectivity index (χ2n) is 3.18. The zero-order valence-electron chi connectivity index (χ0n) is 8.95. The van der Waals surface area contributed by atoms with Crippen LogP contribution in [0.1, 0.15) is 19.8 Å². The minimum absolute atomic E-state index is 0.00961. The van der Waals surface area contributed by atoms with Crippen molar-refractivity contribution in [1.82, 2.24) is 4.90 Å². The van der Waals surface area contributed by atoms with Crippen molar-refractivity contribution in [2.45, 2.75) is 25.8 Å². The molecule has 0 aliphatic rings. The summed E-state index contributed by atoms with van der Waals surface area (Å²) in [6.45, 7) is 0.970. The average Bonchev–Trinajstić information content (AvgIpc) is 2.14. The molecule has 2 amide bonds. The van der Waals surface area contributed by atoms with Gasteiger partial charge in [0, 0.05) is 6.92 Å². The minimum atomic E-state index is -1.58. The molecule has 0 bridgehead atoms. The summed E-state index contributed by atoms with van der Waals surface area (Å²) in [6.07, 6.45) is -1.75. The summed E-state index contributed by atoms with van der Waals surface area (Å²) in [6, 6.07) is -1.58. The molecule has 1 unspecified atom stereocenters. The summed E-state index contributed by atoms with van der Waals surface area (Å²) in [5.41, 5.74) is 0. The number of imide groups is 1. The molecule has 0 saturated heterocycles. The van der Waals surface area contributed by atoms with Gasteiger partial charge in [-0.25, -0.2) is 0 Å². The molecule has 0 spiro atoms. The van der Waals surface area contributed by atoms with Crippen LogP contribution in [0.3, 0.4) is 0 Å². The number of Topliss-reactive ketones (excluding diaryl/α,β-unsaturated/α-hetero) is 1. The molecule has 94 valence electrons. The summed E-state index contributed by atoms with van der Waals surface area (Å²) in [4.78, 5) is 54.1. The molecular weight excluding hydrogens is 234 g/mol. The highest BCUT2D eigenvalue weighted by Gasteiger charge is 2.31. The first-order valence-corrected chi connectivity index (χ1v) is 4.50. The maximum absolute atomic E-state index is 11.4. The van der Waals surface area contributed by atoms with Crippen LogP contribution in [0.15, 0.2) is 0 Å². The van der Waals surface area contributed by atoms with Crippen LogP contribution >= 0.6 is 0 Å². The van der Waals surface area contributed by atoms with Crippen molar-refractivity contribution in [1.29, 1.82) is 0 Å². The Kier molecular flexibility index (Phi) is 5.52. The van der Waals surface area contributed by atoms with Gasteiger partial charge in [-0.3, -0.25) is 28.9 Å². The average molecular weight is 245 g/mol. The highest BCUT2D eigenvalue weighted by Crippen LogP contribution is 2.07. The molecule has 17 heavy (non-hydrogen) atoms. The maximum atomic E-state index is 11.4. The molecule has 0 aliphatic heterocycles. The highest BCUT2D eigenvalue weighted by atomic mass is 16.4. The molecule has 0 rings (SSSR count). The summed E-state index contributed by atoms with van der Waals surface area (Å²) in [5, 5.41) is 16.9. The van der Waals surface area contributed by atoms with E-state index in [1.165, 1.54) is 0 Å². The van der Waals surface area contributed by atoms with Crippen LogP contribution in [-0.4, -0.2) is 51.2 Å². The maximum Gasteiger partial charge on any atom is 0.310 e. The van der Waals surface area contributed by atoms with Crippen molar-refractivity contribution in [3.8, 4) is 0 Å². The fourth-order valence-electron chi connectivity index (χ4n) is 1.17. The van der Waals surface area contributed by atoms with Gasteiger partial charge in [0.05, 0.1) is 6.42 Å². The third-order valence-corrected chi connectivity index (χ3v) is 1.88. The van der Waals surface area contributed by atoms with Gasteiger partial charge in [-0.1, -0.05) is 0 Å². The number of hydrogen-bond donors (Lipinski definition) is 2.